The van der Waals surface area contributed by atoms with Crippen molar-refractivity contribution in [1.82, 2.24) is 34.9 Å². The van der Waals surface area contributed by atoms with Crippen molar-refractivity contribution in [3.63, 3.8) is 0 Å². The Hall–Kier alpha value is -4.45. The molecule has 3 aromatic heterocycles. The number of ether oxygens (including phenoxy) is 2. The molecule has 1 atom stereocenters. The van der Waals surface area contributed by atoms with E-state index in [1.165, 1.54) is 18.3 Å². The van der Waals surface area contributed by atoms with Crippen molar-refractivity contribution >= 4 is 45.1 Å². The number of carbonyl (C=O) groups excluding carboxylic acids is 1. The minimum Gasteiger partial charge on any atom is -0.461 e. The monoisotopic (exact) mass is 592 g/mol. The van der Waals surface area contributed by atoms with Crippen LogP contribution >= 0.6 is 11.6 Å². The molecular formula is C29H30ClFN8O3. The largest absolute Gasteiger partial charge is 0.461 e. The van der Waals surface area contributed by atoms with Gasteiger partial charge in [-0.15, -0.1) is 0 Å². The molecule has 0 bridgehead atoms. The summed E-state index contributed by atoms with van der Waals surface area (Å²) in [6, 6.07) is 3.37. The summed E-state index contributed by atoms with van der Waals surface area (Å²) in [5.74, 6) is 0.0364. The zero-order valence-corrected chi connectivity index (χ0v) is 23.9. The maximum absolute atomic E-state index is 14.6. The Balaban J connectivity index is 1.39. The number of anilines is 1. The van der Waals surface area contributed by atoms with Gasteiger partial charge in [0, 0.05) is 50.7 Å². The van der Waals surface area contributed by atoms with E-state index < -0.39 is 5.82 Å². The van der Waals surface area contributed by atoms with Crippen molar-refractivity contribution in [1.29, 1.82) is 0 Å². The Kier molecular flexibility index (Phi) is 7.55. The molecule has 4 aromatic rings. The minimum absolute atomic E-state index is 0.0719. The summed E-state index contributed by atoms with van der Waals surface area (Å²) in [7, 11) is 0. The van der Waals surface area contributed by atoms with Crippen LogP contribution in [0.3, 0.4) is 0 Å². The molecule has 2 saturated heterocycles. The molecule has 1 amide bonds. The summed E-state index contributed by atoms with van der Waals surface area (Å²) < 4.78 is 27.0. The highest BCUT2D eigenvalue weighted by Gasteiger charge is 2.28. The molecule has 2 aliphatic heterocycles. The van der Waals surface area contributed by atoms with E-state index in [1.807, 2.05) is 6.92 Å². The average Bonchev–Trinajstić information content (AvgIpc) is 3.67. The van der Waals surface area contributed by atoms with Gasteiger partial charge in [0.25, 0.3) is 0 Å². The van der Waals surface area contributed by atoms with Crippen molar-refractivity contribution in [3.05, 3.63) is 60.3 Å². The molecule has 42 heavy (non-hydrogen) atoms. The maximum atomic E-state index is 14.6. The smallest absolute Gasteiger partial charge is 0.319 e. The number of allylic oxidation sites excluding steroid dienone is 1. The molecule has 2 aliphatic rings. The van der Waals surface area contributed by atoms with Crippen LogP contribution in [0.15, 0.2) is 49.5 Å². The molecule has 0 unspecified atom stereocenters. The molecule has 0 radical (unpaired) electrons. The van der Waals surface area contributed by atoms with E-state index in [1.54, 1.807) is 17.2 Å². The average molecular weight is 593 g/mol. The van der Waals surface area contributed by atoms with Gasteiger partial charge in [0.15, 0.2) is 5.75 Å². The number of carbonyl (C=O) groups is 1. The number of fused-ring (bicyclic) bond motifs is 2. The number of likely N-dealkylation sites (tertiary alicyclic amines) is 1. The number of hydrogen-bond acceptors (Lipinski definition) is 9. The first-order valence-electron chi connectivity index (χ1n) is 13.7. The highest BCUT2D eigenvalue weighted by Crippen LogP contribution is 2.40. The summed E-state index contributed by atoms with van der Waals surface area (Å²) >= 11 is 6.34. The molecular weight excluding hydrogens is 563 g/mol. The first kappa shape index (κ1) is 27.7. The number of hydrogen-bond donors (Lipinski definition) is 1. The molecule has 1 N–H and O–H groups in total. The lowest BCUT2D eigenvalue weighted by Gasteiger charge is -2.35. The number of nitrogens with zero attached hydrogens (tertiary/aromatic N) is 7. The Morgan fingerprint density at radius 1 is 1.24 bits per heavy atom. The molecule has 0 spiro atoms. The van der Waals surface area contributed by atoms with Crippen molar-refractivity contribution in [2.75, 3.05) is 44.2 Å². The predicted molar refractivity (Wildman–Crippen MR) is 157 cm³/mol. The molecule has 2 fully saturated rings. The van der Waals surface area contributed by atoms with Crippen LogP contribution in [0.2, 0.25) is 5.02 Å². The quantitative estimate of drug-likeness (QED) is 0.291. The van der Waals surface area contributed by atoms with Gasteiger partial charge in [-0.1, -0.05) is 24.8 Å². The number of halogens is 2. The molecule has 6 rings (SSSR count). The van der Waals surface area contributed by atoms with Crippen molar-refractivity contribution in [3.8, 4) is 17.6 Å². The zero-order chi connectivity index (χ0) is 29.4. The van der Waals surface area contributed by atoms with E-state index in [4.69, 9.17) is 31.0 Å². The molecule has 218 valence electrons. The Labute approximate surface area is 246 Å². The van der Waals surface area contributed by atoms with E-state index in [-0.39, 0.29) is 34.6 Å². The second kappa shape index (κ2) is 11.4. The van der Waals surface area contributed by atoms with Gasteiger partial charge in [-0.05, 0) is 31.9 Å². The van der Waals surface area contributed by atoms with Gasteiger partial charge in [0.05, 0.1) is 28.5 Å². The molecule has 0 aliphatic carbocycles. The first-order valence-corrected chi connectivity index (χ1v) is 14.1. The number of aromatic nitrogens is 5. The zero-order valence-electron chi connectivity index (χ0n) is 23.1. The van der Waals surface area contributed by atoms with E-state index in [9.17, 15) is 9.18 Å². The number of nitrogens with one attached hydrogen (secondary N) is 1. The number of pyridine rings is 1. The van der Waals surface area contributed by atoms with Crippen molar-refractivity contribution in [2.45, 2.75) is 25.8 Å². The van der Waals surface area contributed by atoms with E-state index in [2.05, 4.69) is 38.1 Å². The van der Waals surface area contributed by atoms with Crippen LogP contribution < -0.4 is 14.4 Å². The van der Waals surface area contributed by atoms with Gasteiger partial charge in [-0.25, -0.2) is 9.37 Å². The normalized spacial score (nSPS) is 17.2. The van der Waals surface area contributed by atoms with Crippen LogP contribution in [0.4, 0.5) is 10.2 Å². The van der Waals surface area contributed by atoms with Crippen molar-refractivity contribution < 1.29 is 18.7 Å². The Morgan fingerprint density at radius 3 is 2.81 bits per heavy atom. The molecule has 13 heteroatoms. The van der Waals surface area contributed by atoms with Crippen LogP contribution in [0.5, 0.6) is 17.6 Å². The van der Waals surface area contributed by atoms with Crippen LogP contribution in [-0.4, -0.2) is 86.2 Å². The number of rotatable bonds is 8. The third-order valence-corrected chi connectivity index (χ3v) is 8.02. The summed E-state index contributed by atoms with van der Waals surface area (Å²) in [6.45, 7) is 13.1. The minimum atomic E-state index is -0.659. The predicted octanol–water partition coefficient (Wildman–Crippen LogP) is 4.70. The van der Waals surface area contributed by atoms with Crippen LogP contribution in [0.25, 0.3) is 21.8 Å². The van der Waals surface area contributed by atoms with Crippen molar-refractivity contribution in [2.24, 2.45) is 0 Å². The molecule has 1 aromatic carbocycles. The fraction of sp³-hybridized carbons (Fsp3) is 0.345. The van der Waals surface area contributed by atoms with Gasteiger partial charge >= 0.3 is 6.01 Å². The number of piperazine rings is 1. The van der Waals surface area contributed by atoms with Gasteiger partial charge in [-0.2, -0.15) is 15.1 Å². The van der Waals surface area contributed by atoms with Crippen LogP contribution in [-0.2, 0) is 4.79 Å². The molecule has 0 saturated carbocycles. The SMILES string of the molecule is C=CC(=O)N1CCN(c2nc(OC[C@H]3CCCN3C(=C)C)nc3c(Oc4c(Cl)c(F)cc5[nH]ncc45)nccc23)CC1. The molecule has 5 heterocycles. The third kappa shape index (κ3) is 5.18. The summed E-state index contributed by atoms with van der Waals surface area (Å²) in [6.07, 6.45) is 6.43. The van der Waals surface area contributed by atoms with Crippen LogP contribution in [0, 0.1) is 5.82 Å². The third-order valence-electron chi connectivity index (χ3n) is 7.67. The highest BCUT2D eigenvalue weighted by molar-refractivity contribution is 6.33. The second-order valence-corrected chi connectivity index (χ2v) is 10.7. The standard InChI is InChI=1S/C29H30ClFN8O3/c1-4-23(40)37-10-12-38(13-11-37)27-19-7-8-32-28(42-26-20-15-33-36-22(20)14-21(31)24(26)30)25(19)34-29(35-27)41-16-18-6-5-9-39(18)17(2)3/h4,7-8,14-15,18H,1-2,5-6,9-13,16H2,3H3,(H,33,36)/t18-/m1/s1. The first-order chi connectivity index (χ1) is 20.3. The fourth-order valence-electron chi connectivity index (χ4n) is 5.53. The summed E-state index contributed by atoms with van der Waals surface area (Å²) in [5.41, 5.74) is 1.80. The Bertz CT molecular complexity index is 1690. The lowest BCUT2D eigenvalue weighted by atomic mass is 10.2. The number of H-pyrrole nitrogens is 1. The number of benzene rings is 1. The molecule has 11 nitrogen and oxygen atoms in total. The van der Waals surface area contributed by atoms with Gasteiger partial charge < -0.3 is 24.2 Å². The Morgan fingerprint density at radius 2 is 2.05 bits per heavy atom. The second-order valence-electron chi connectivity index (χ2n) is 10.3. The van der Waals surface area contributed by atoms with E-state index in [0.29, 0.717) is 60.4 Å². The highest BCUT2D eigenvalue weighted by atomic mass is 35.5. The van der Waals surface area contributed by atoms with E-state index in [0.717, 1.165) is 25.1 Å². The lowest BCUT2D eigenvalue weighted by Crippen LogP contribution is -2.48. The topological polar surface area (TPSA) is 113 Å². The number of aromatic amines is 1. The summed E-state index contributed by atoms with van der Waals surface area (Å²) in [4.78, 5) is 32.2. The lowest BCUT2D eigenvalue weighted by molar-refractivity contribution is -0.126. The van der Waals surface area contributed by atoms with Gasteiger partial charge in [0.1, 0.15) is 28.8 Å². The maximum Gasteiger partial charge on any atom is 0.319 e. The number of amides is 1. The van der Waals surface area contributed by atoms with E-state index >= 15 is 0 Å². The van der Waals surface area contributed by atoms with Crippen LogP contribution in [0.1, 0.15) is 19.8 Å². The summed E-state index contributed by atoms with van der Waals surface area (Å²) in [5, 5.41) is 7.69. The fourth-order valence-corrected chi connectivity index (χ4v) is 5.72. The van der Waals surface area contributed by atoms with Gasteiger partial charge in [0.2, 0.25) is 11.8 Å². The van der Waals surface area contributed by atoms with Gasteiger partial charge in [-0.3, -0.25) is 9.89 Å².